The molecule has 0 saturated carbocycles. The molecule has 1 aromatic heterocycles. The zero-order chi connectivity index (χ0) is 15.1. The molecule has 1 aromatic rings. The predicted octanol–water partition coefficient (Wildman–Crippen LogP) is 2.21. The van der Waals surface area contributed by atoms with E-state index in [1.54, 1.807) is 12.2 Å². The van der Waals surface area contributed by atoms with Crippen LogP contribution in [0.25, 0.3) is 6.08 Å². The van der Waals surface area contributed by atoms with Gasteiger partial charge in [-0.2, -0.15) is 0 Å². The molecule has 1 amide bonds. The third-order valence-corrected chi connectivity index (χ3v) is 3.86. The maximum atomic E-state index is 12.1. The van der Waals surface area contributed by atoms with Crippen LogP contribution < -0.4 is 5.32 Å². The number of allylic oxidation sites excluding steroid dienone is 4. The van der Waals surface area contributed by atoms with Gasteiger partial charge in [-0.25, -0.2) is 0 Å². The number of carbonyl (C=O) groups is 1. The van der Waals surface area contributed by atoms with Crippen LogP contribution in [0.3, 0.4) is 0 Å². The molecule has 1 atom stereocenters. The minimum absolute atomic E-state index is 0.130. The van der Waals surface area contributed by atoms with Crippen molar-refractivity contribution in [3.8, 4) is 0 Å². The molecule has 6 nitrogen and oxygen atoms in total. The van der Waals surface area contributed by atoms with Gasteiger partial charge in [0.05, 0.1) is 11.3 Å². The fourth-order valence-electron chi connectivity index (χ4n) is 2.81. The van der Waals surface area contributed by atoms with Crippen molar-refractivity contribution in [3.63, 3.8) is 0 Å². The molecule has 2 N–H and O–H groups in total. The van der Waals surface area contributed by atoms with Gasteiger partial charge in [0.1, 0.15) is 0 Å². The van der Waals surface area contributed by atoms with Crippen molar-refractivity contribution in [2.24, 2.45) is 5.92 Å². The van der Waals surface area contributed by atoms with E-state index in [1.165, 1.54) is 6.08 Å². The highest BCUT2D eigenvalue weighted by Gasteiger charge is 2.37. The van der Waals surface area contributed by atoms with Crippen molar-refractivity contribution in [3.05, 3.63) is 62.3 Å². The summed E-state index contributed by atoms with van der Waals surface area (Å²) < 4.78 is 0. The molecule has 3 rings (SSSR count). The molecule has 2 heterocycles. The first-order chi connectivity index (χ1) is 9.95. The summed E-state index contributed by atoms with van der Waals surface area (Å²) in [7, 11) is 0. The van der Waals surface area contributed by atoms with Crippen molar-refractivity contribution >= 4 is 12.0 Å². The lowest BCUT2D eigenvalue weighted by molar-refractivity contribution is -0.428. The zero-order valence-electron chi connectivity index (χ0n) is 11.8. The van der Waals surface area contributed by atoms with Crippen LogP contribution in [-0.2, 0) is 4.79 Å². The van der Waals surface area contributed by atoms with Crippen LogP contribution in [0.5, 0.6) is 0 Å². The van der Waals surface area contributed by atoms with Crippen molar-refractivity contribution < 1.29 is 9.72 Å². The summed E-state index contributed by atoms with van der Waals surface area (Å²) in [4.78, 5) is 25.8. The Morgan fingerprint density at radius 3 is 2.76 bits per heavy atom. The van der Waals surface area contributed by atoms with Gasteiger partial charge in [0, 0.05) is 34.7 Å². The summed E-state index contributed by atoms with van der Waals surface area (Å²) in [5, 5.41) is 13.7. The second-order valence-corrected chi connectivity index (χ2v) is 5.40. The van der Waals surface area contributed by atoms with Crippen molar-refractivity contribution in [2.75, 3.05) is 0 Å². The first kappa shape index (κ1) is 13.4. The van der Waals surface area contributed by atoms with E-state index in [1.807, 2.05) is 19.9 Å². The Morgan fingerprint density at radius 1 is 1.38 bits per heavy atom. The molecule has 108 valence electrons. The van der Waals surface area contributed by atoms with Crippen LogP contribution in [0.2, 0.25) is 0 Å². The number of nitrogens with one attached hydrogen (secondary N) is 2. The van der Waals surface area contributed by atoms with Gasteiger partial charge in [-0.05, 0) is 37.6 Å². The van der Waals surface area contributed by atoms with Gasteiger partial charge in [-0.3, -0.25) is 14.9 Å². The summed E-state index contributed by atoms with van der Waals surface area (Å²) >= 11 is 0. The summed E-state index contributed by atoms with van der Waals surface area (Å²) in [6, 6.07) is 2.00. The van der Waals surface area contributed by atoms with Gasteiger partial charge in [0.2, 0.25) is 5.70 Å². The normalized spacial score (nSPS) is 22.7. The number of carbonyl (C=O) groups excluding carboxylic acids is 1. The number of hydrogen-bond donors (Lipinski definition) is 2. The number of rotatable bonds is 2. The van der Waals surface area contributed by atoms with E-state index in [-0.39, 0.29) is 23.9 Å². The molecule has 21 heavy (non-hydrogen) atoms. The monoisotopic (exact) mass is 285 g/mol. The molecule has 1 fully saturated rings. The number of amides is 1. The number of nitro groups is 1. The first-order valence-electron chi connectivity index (χ1n) is 6.70. The van der Waals surface area contributed by atoms with Crippen molar-refractivity contribution in [1.82, 2.24) is 10.3 Å². The third kappa shape index (κ3) is 2.29. The number of fused-ring (bicyclic) bond motifs is 1. The zero-order valence-corrected chi connectivity index (χ0v) is 11.8. The van der Waals surface area contributed by atoms with Crippen LogP contribution in [0.4, 0.5) is 0 Å². The highest BCUT2D eigenvalue weighted by atomic mass is 16.6. The fourth-order valence-corrected chi connectivity index (χ4v) is 2.81. The molecule has 0 radical (unpaired) electrons. The SMILES string of the molecule is Cc1cc(C)c(C=C2C(=O)NC3=CC=C([N+](=O)[O-])CC32)[nH]1. The molecular weight excluding hydrogens is 270 g/mol. The molecule has 1 saturated heterocycles. The first-order valence-corrected chi connectivity index (χ1v) is 6.70. The number of aromatic nitrogens is 1. The predicted molar refractivity (Wildman–Crippen MR) is 77.7 cm³/mol. The van der Waals surface area contributed by atoms with Crippen LogP contribution in [-0.4, -0.2) is 15.8 Å². The Balaban J connectivity index is 1.98. The number of aryl methyl sites for hydroxylation is 2. The Labute approximate surface area is 121 Å². The third-order valence-electron chi connectivity index (χ3n) is 3.86. The fraction of sp³-hybridized carbons (Fsp3) is 0.267. The number of nitrogens with zero attached hydrogens (tertiary/aromatic N) is 1. The molecule has 2 aliphatic rings. The molecule has 1 aliphatic carbocycles. The lowest BCUT2D eigenvalue weighted by atomic mass is 9.90. The quantitative estimate of drug-likeness (QED) is 0.496. The molecule has 0 bridgehead atoms. The average Bonchev–Trinajstić information content (AvgIpc) is 2.90. The van der Waals surface area contributed by atoms with E-state index in [4.69, 9.17) is 0 Å². The number of hydrogen-bond acceptors (Lipinski definition) is 3. The van der Waals surface area contributed by atoms with E-state index in [0.717, 1.165) is 22.6 Å². The summed E-state index contributed by atoms with van der Waals surface area (Å²) in [6.45, 7) is 3.91. The highest BCUT2D eigenvalue weighted by molar-refractivity contribution is 6.03. The molecular formula is C15H15N3O3. The maximum Gasteiger partial charge on any atom is 0.252 e. The van der Waals surface area contributed by atoms with Crippen LogP contribution >= 0.6 is 0 Å². The van der Waals surface area contributed by atoms with Crippen LogP contribution in [0, 0.1) is 29.9 Å². The lowest BCUT2D eigenvalue weighted by Crippen LogP contribution is -2.15. The number of H-pyrrole nitrogens is 1. The van der Waals surface area contributed by atoms with E-state index < -0.39 is 4.92 Å². The largest absolute Gasteiger partial charge is 0.359 e. The summed E-state index contributed by atoms with van der Waals surface area (Å²) in [5.74, 6) is -0.443. The van der Waals surface area contributed by atoms with Gasteiger partial charge in [0.15, 0.2) is 0 Å². The Bertz CT molecular complexity index is 737. The van der Waals surface area contributed by atoms with Crippen LogP contribution in [0.15, 0.2) is 35.2 Å². The Morgan fingerprint density at radius 2 is 2.14 bits per heavy atom. The van der Waals surface area contributed by atoms with E-state index in [9.17, 15) is 14.9 Å². The van der Waals surface area contributed by atoms with E-state index >= 15 is 0 Å². The lowest BCUT2D eigenvalue weighted by Gasteiger charge is -2.13. The highest BCUT2D eigenvalue weighted by Crippen LogP contribution is 2.36. The van der Waals surface area contributed by atoms with Crippen LogP contribution in [0.1, 0.15) is 23.4 Å². The minimum Gasteiger partial charge on any atom is -0.359 e. The molecule has 0 aromatic carbocycles. The maximum absolute atomic E-state index is 12.1. The topological polar surface area (TPSA) is 88.0 Å². The molecule has 1 unspecified atom stereocenters. The number of aromatic amines is 1. The smallest absolute Gasteiger partial charge is 0.252 e. The van der Waals surface area contributed by atoms with Gasteiger partial charge in [-0.1, -0.05) is 0 Å². The standard InChI is InChI=1S/C15H15N3O3/c1-8-5-9(2)16-14(8)7-12-11-6-10(18(20)21)3-4-13(11)17-15(12)19/h3-5,7,11,16H,6H2,1-2H3,(H,17,19). The van der Waals surface area contributed by atoms with E-state index in [2.05, 4.69) is 10.3 Å². The van der Waals surface area contributed by atoms with Gasteiger partial charge in [0.25, 0.3) is 5.91 Å². The minimum atomic E-state index is -0.391. The molecule has 6 heteroatoms. The second-order valence-electron chi connectivity index (χ2n) is 5.40. The average molecular weight is 285 g/mol. The van der Waals surface area contributed by atoms with Gasteiger partial charge < -0.3 is 10.3 Å². The van der Waals surface area contributed by atoms with Crippen molar-refractivity contribution in [2.45, 2.75) is 20.3 Å². The Kier molecular flexibility index (Phi) is 3.01. The van der Waals surface area contributed by atoms with Crippen molar-refractivity contribution in [1.29, 1.82) is 0 Å². The summed E-state index contributed by atoms with van der Waals surface area (Å²) in [6.07, 6.45) is 5.12. The second kappa shape index (κ2) is 4.73. The van der Waals surface area contributed by atoms with E-state index in [0.29, 0.717) is 5.57 Å². The Hall–Kier alpha value is -2.63. The summed E-state index contributed by atoms with van der Waals surface area (Å²) in [5.41, 5.74) is 4.37. The van der Waals surface area contributed by atoms with Gasteiger partial charge in [-0.15, -0.1) is 0 Å². The van der Waals surface area contributed by atoms with Gasteiger partial charge >= 0.3 is 0 Å². The molecule has 0 spiro atoms. The molecule has 1 aliphatic heterocycles.